The van der Waals surface area contributed by atoms with Gasteiger partial charge in [-0.15, -0.1) is 0 Å². The zero-order valence-electron chi connectivity index (χ0n) is 17.2. The Kier molecular flexibility index (Phi) is 4.32. The molecule has 5 rings (SSSR count). The van der Waals surface area contributed by atoms with Crippen molar-refractivity contribution in [3.05, 3.63) is 53.2 Å². The van der Waals surface area contributed by atoms with Crippen molar-refractivity contribution in [1.29, 1.82) is 0 Å². The summed E-state index contributed by atoms with van der Waals surface area (Å²) < 4.78 is 16.7. The van der Waals surface area contributed by atoms with Crippen molar-refractivity contribution < 1.29 is 9.18 Å². The van der Waals surface area contributed by atoms with E-state index in [-0.39, 0.29) is 17.8 Å². The maximum absolute atomic E-state index is 14.9. The van der Waals surface area contributed by atoms with Crippen LogP contribution < -0.4 is 5.32 Å². The number of anilines is 1. The lowest BCUT2D eigenvalue weighted by Crippen LogP contribution is -2.18. The monoisotopic (exact) mass is 406 g/mol. The van der Waals surface area contributed by atoms with Crippen LogP contribution in [0, 0.1) is 12.7 Å². The lowest BCUT2D eigenvalue weighted by molar-refractivity contribution is 0.102. The van der Waals surface area contributed by atoms with Gasteiger partial charge in [0.05, 0.1) is 33.8 Å². The molecule has 1 saturated heterocycles. The number of hydrogen-bond acceptors (Lipinski definition) is 4. The molecular weight excluding hydrogens is 383 g/mol. The van der Waals surface area contributed by atoms with Gasteiger partial charge in [-0.1, -0.05) is 6.07 Å². The predicted octanol–water partition coefficient (Wildman–Crippen LogP) is 3.92. The van der Waals surface area contributed by atoms with E-state index in [4.69, 9.17) is 0 Å². The number of halogens is 1. The number of likely N-dealkylation sites (tertiary alicyclic amines) is 1. The molecule has 0 spiro atoms. The molecule has 1 aromatic carbocycles. The highest BCUT2D eigenvalue weighted by Crippen LogP contribution is 2.34. The van der Waals surface area contributed by atoms with Crippen LogP contribution in [0.15, 0.2) is 30.5 Å². The molecule has 0 saturated carbocycles. The molecule has 3 aromatic heterocycles. The lowest BCUT2D eigenvalue weighted by Gasteiger charge is -2.17. The van der Waals surface area contributed by atoms with E-state index in [2.05, 4.69) is 25.3 Å². The van der Waals surface area contributed by atoms with Crippen LogP contribution >= 0.6 is 0 Å². The number of fused-ring (bicyclic) bond motifs is 2. The van der Waals surface area contributed by atoms with E-state index in [1.54, 1.807) is 16.8 Å². The smallest absolute Gasteiger partial charge is 0.256 e. The number of carbonyl (C=O) groups is 1. The van der Waals surface area contributed by atoms with Crippen molar-refractivity contribution in [1.82, 2.24) is 24.6 Å². The first kappa shape index (κ1) is 18.7. The summed E-state index contributed by atoms with van der Waals surface area (Å²) in [4.78, 5) is 22.4. The number of H-pyrrole nitrogens is 1. The molecule has 1 aliphatic heterocycles. The summed E-state index contributed by atoms with van der Waals surface area (Å²) in [6.07, 6.45) is 3.45. The molecule has 1 fully saturated rings. The number of nitrogens with zero attached hydrogens (tertiary/aromatic N) is 4. The van der Waals surface area contributed by atoms with Gasteiger partial charge >= 0.3 is 0 Å². The number of nitrogens with one attached hydrogen (secondary N) is 2. The highest BCUT2D eigenvalue weighted by molar-refractivity contribution is 6.06. The SMILES string of the molecule is Cc1nn(C)c2cc(C(=O)Nc3cc4[nH]c(C5CCCN5C)c(F)c4cn3)ccc12. The fourth-order valence-corrected chi connectivity index (χ4v) is 4.42. The maximum atomic E-state index is 14.9. The molecule has 1 aliphatic rings. The molecule has 1 amide bonds. The number of aromatic nitrogens is 4. The summed E-state index contributed by atoms with van der Waals surface area (Å²) >= 11 is 0. The van der Waals surface area contributed by atoms with E-state index in [1.165, 1.54) is 6.20 Å². The van der Waals surface area contributed by atoms with E-state index in [0.29, 0.717) is 28.0 Å². The third-order valence-electron chi connectivity index (χ3n) is 6.04. The quantitative estimate of drug-likeness (QED) is 0.541. The molecule has 0 aliphatic carbocycles. The fraction of sp³-hybridized carbons (Fsp3) is 0.318. The van der Waals surface area contributed by atoms with Gasteiger partial charge in [0.1, 0.15) is 5.82 Å². The highest BCUT2D eigenvalue weighted by Gasteiger charge is 2.28. The van der Waals surface area contributed by atoms with Crippen molar-refractivity contribution in [2.45, 2.75) is 25.8 Å². The Balaban J connectivity index is 1.44. The van der Waals surface area contributed by atoms with Crippen LogP contribution in [0.5, 0.6) is 0 Å². The first-order valence-electron chi connectivity index (χ1n) is 10.0. The van der Waals surface area contributed by atoms with Gasteiger partial charge in [0.25, 0.3) is 5.91 Å². The van der Waals surface area contributed by atoms with Crippen molar-refractivity contribution in [3.63, 3.8) is 0 Å². The molecule has 7 nitrogen and oxygen atoms in total. The number of hydrogen-bond donors (Lipinski definition) is 2. The van der Waals surface area contributed by atoms with Gasteiger partial charge in [-0.3, -0.25) is 14.4 Å². The van der Waals surface area contributed by atoms with E-state index < -0.39 is 0 Å². The fourth-order valence-electron chi connectivity index (χ4n) is 4.42. The number of amides is 1. The number of rotatable bonds is 3. The van der Waals surface area contributed by atoms with E-state index in [9.17, 15) is 9.18 Å². The minimum absolute atomic E-state index is 0.0459. The van der Waals surface area contributed by atoms with Crippen LogP contribution in [0.25, 0.3) is 21.8 Å². The number of carbonyl (C=O) groups excluding carboxylic acids is 1. The highest BCUT2D eigenvalue weighted by atomic mass is 19.1. The largest absolute Gasteiger partial charge is 0.354 e. The molecule has 0 radical (unpaired) electrons. The first-order chi connectivity index (χ1) is 14.4. The second-order valence-corrected chi connectivity index (χ2v) is 8.00. The van der Waals surface area contributed by atoms with Gasteiger partial charge in [0.15, 0.2) is 5.82 Å². The second-order valence-electron chi connectivity index (χ2n) is 8.00. The number of benzene rings is 1. The van der Waals surface area contributed by atoms with Crippen molar-refractivity contribution >= 4 is 33.5 Å². The van der Waals surface area contributed by atoms with Crippen LogP contribution in [0.1, 0.15) is 40.6 Å². The molecule has 8 heteroatoms. The van der Waals surface area contributed by atoms with Gasteiger partial charge < -0.3 is 10.3 Å². The average molecular weight is 406 g/mol. The van der Waals surface area contributed by atoms with Crippen molar-refractivity contribution in [2.75, 3.05) is 18.9 Å². The molecule has 1 unspecified atom stereocenters. The normalized spacial score (nSPS) is 17.3. The lowest BCUT2D eigenvalue weighted by atomic mass is 10.1. The molecule has 2 N–H and O–H groups in total. The van der Waals surface area contributed by atoms with Gasteiger partial charge in [0.2, 0.25) is 0 Å². The van der Waals surface area contributed by atoms with Crippen molar-refractivity contribution in [3.8, 4) is 0 Å². The van der Waals surface area contributed by atoms with Crippen LogP contribution in [0.4, 0.5) is 10.2 Å². The zero-order chi connectivity index (χ0) is 21.0. The average Bonchev–Trinajstić information content (AvgIpc) is 3.37. The van der Waals surface area contributed by atoms with Crippen LogP contribution in [0.3, 0.4) is 0 Å². The number of pyridine rings is 1. The Labute approximate surface area is 172 Å². The van der Waals surface area contributed by atoms with Gasteiger partial charge in [-0.05, 0) is 45.5 Å². The summed E-state index contributed by atoms with van der Waals surface area (Å²) in [6, 6.07) is 7.21. The Morgan fingerprint density at radius 3 is 2.87 bits per heavy atom. The van der Waals surface area contributed by atoms with E-state index >= 15 is 0 Å². The molecule has 4 aromatic rings. The van der Waals surface area contributed by atoms with E-state index in [1.807, 2.05) is 33.2 Å². The third kappa shape index (κ3) is 2.95. The maximum Gasteiger partial charge on any atom is 0.256 e. The molecular formula is C22H23FN6O. The standard InChI is InChI=1S/C22H23FN6O/c1-12-14-7-6-13(9-18(14)29(3)27-12)22(30)26-19-10-16-15(11-24-19)20(23)21(25-16)17-5-4-8-28(17)2/h6-7,9-11,17,25H,4-5,8H2,1-3H3,(H,24,26,30). The van der Waals surface area contributed by atoms with Crippen LogP contribution in [0.2, 0.25) is 0 Å². The predicted molar refractivity (Wildman–Crippen MR) is 114 cm³/mol. The molecule has 1 atom stereocenters. The summed E-state index contributed by atoms with van der Waals surface area (Å²) in [5.41, 5.74) is 3.54. The Bertz CT molecular complexity index is 1290. The molecule has 4 heterocycles. The molecule has 30 heavy (non-hydrogen) atoms. The topological polar surface area (TPSA) is 78.8 Å². The van der Waals surface area contributed by atoms with Gasteiger partial charge in [0, 0.05) is 30.3 Å². The Morgan fingerprint density at radius 1 is 1.27 bits per heavy atom. The molecule has 0 bridgehead atoms. The van der Waals surface area contributed by atoms with Gasteiger partial charge in [-0.2, -0.15) is 5.10 Å². The summed E-state index contributed by atoms with van der Waals surface area (Å²) in [5, 5.41) is 8.66. The van der Waals surface area contributed by atoms with Crippen LogP contribution in [-0.2, 0) is 7.05 Å². The van der Waals surface area contributed by atoms with Crippen molar-refractivity contribution in [2.24, 2.45) is 7.05 Å². The summed E-state index contributed by atoms with van der Waals surface area (Å²) in [5.74, 6) is -0.155. The van der Waals surface area contributed by atoms with Gasteiger partial charge in [-0.25, -0.2) is 9.37 Å². The Hall–Kier alpha value is -3.26. The Morgan fingerprint density at radius 2 is 2.10 bits per heavy atom. The summed E-state index contributed by atoms with van der Waals surface area (Å²) in [7, 11) is 3.86. The van der Waals surface area contributed by atoms with E-state index in [0.717, 1.165) is 36.0 Å². The minimum Gasteiger partial charge on any atom is -0.354 e. The van der Waals surface area contributed by atoms with Crippen LogP contribution in [-0.4, -0.2) is 44.1 Å². The minimum atomic E-state index is -0.273. The first-order valence-corrected chi connectivity index (χ1v) is 10.0. The number of aryl methyl sites for hydroxylation is 2. The molecule has 154 valence electrons. The third-order valence-corrected chi connectivity index (χ3v) is 6.04. The summed E-state index contributed by atoms with van der Waals surface area (Å²) in [6.45, 7) is 2.90. The second kappa shape index (κ2) is 6.91. The zero-order valence-corrected chi connectivity index (χ0v) is 17.2. The number of aromatic amines is 1.